The van der Waals surface area contributed by atoms with Crippen molar-refractivity contribution >= 4 is 5.91 Å². The molecule has 0 aromatic heterocycles. The lowest BCUT2D eigenvalue weighted by Crippen LogP contribution is -2.31. The van der Waals surface area contributed by atoms with Crippen LogP contribution < -0.4 is 11.1 Å². The van der Waals surface area contributed by atoms with Gasteiger partial charge >= 0.3 is 0 Å². The molecule has 4 heteroatoms. The van der Waals surface area contributed by atoms with E-state index < -0.39 is 0 Å². The summed E-state index contributed by atoms with van der Waals surface area (Å²) in [5.41, 5.74) is 5.46. The van der Waals surface area contributed by atoms with Gasteiger partial charge in [0.15, 0.2) is 0 Å². The van der Waals surface area contributed by atoms with Gasteiger partial charge in [0, 0.05) is 33.1 Å². The highest BCUT2D eigenvalue weighted by molar-refractivity contribution is 5.72. The molecule has 3 N–H and O–H groups in total. The van der Waals surface area contributed by atoms with Crippen molar-refractivity contribution in [2.24, 2.45) is 11.7 Å². The van der Waals surface area contributed by atoms with Crippen molar-refractivity contribution in [3.05, 3.63) is 0 Å². The molecule has 4 nitrogen and oxygen atoms in total. The smallest absolute Gasteiger partial charge is 0.216 e. The minimum Gasteiger partial charge on any atom is -0.356 e. The number of amides is 1. The summed E-state index contributed by atoms with van der Waals surface area (Å²) in [5, 5.41) is 2.85. The molecule has 1 atom stereocenters. The Morgan fingerprint density at radius 1 is 1.69 bits per heavy atom. The fourth-order valence-corrected chi connectivity index (χ4v) is 1.75. The molecule has 0 radical (unpaired) electrons. The molecular weight excluding hydrogens is 166 g/mol. The molecule has 1 heterocycles. The van der Waals surface area contributed by atoms with Gasteiger partial charge in [0.25, 0.3) is 0 Å². The lowest BCUT2D eigenvalue weighted by molar-refractivity contribution is -0.119. The monoisotopic (exact) mass is 185 g/mol. The normalized spacial score (nSPS) is 23.4. The van der Waals surface area contributed by atoms with Crippen LogP contribution in [0.25, 0.3) is 0 Å². The number of hydrogen-bond acceptors (Lipinski definition) is 3. The second-order valence-electron chi connectivity index (χ2n) is 3.68. The van der Waals surface area contributed by atoms with E-state index in [-0.39, 0.29) is 5.91 Å². The maximum Gasteiger partial charge on any atom is 0.216 e. The summed E-state index contributed by atoms with van der Waals surface area (Å²) in [6.07, 6.45) is 1.18. The van der Waals surface area contributed by atoms with E-state index in [4.69, 9.17) is 5.73 Å². The van der Waals surface area contributed by atoms with Crippen LogP contribution in [0.3, 0.4) is 0 Å². The number of carbonyl (C=O) groups excluding carboxylic acids is 1. The zero-order valence-electron chi connectivity index (χ0n) is 8.25. The summed E-state index contributed by atoms with van der Waals surface area (Å²) in [5.74, 6) is 0.688. The van der Waals surface area contributed by atoms with Crippen LogP contribution in [0, 0.1) is 5.92 Å². The molecule has 0 saturated carbocycles. The highest BCUT2D eigenvalue weighted by Crippen LogP contribution is 2.14. The van der Waals surface area contributed by atoms with E-state index >= 15 is 0 Å². The second kappa shape index (κ2) is 5.19. The highest BCUT2D eigenvalue weighted by Gasteiger charge is 2.21. The van der Waals surface area contributed by atoms with Crippen LogP contribution in [0.15, 0.2) is 0 Å². The lowest BCUT2D eigenvalue weighted by Gasteiger charge is -2.14. The van der Waals surface area contributed by atoms with Gasteiger partial charge in [-0.1, -0.05) is 0 Å². The summed E-state index contributed by atoms with van der Waals surface area (Å²) in [7, 11) is 0. The quantitative estimate of drug-likeness (QED) is 0.615. The predicted molar refractivity (Wildman–Crippen MR) is 52.3 cm³/mol. The molecule has 0 aliphatic carbocycles. The van der Waals surface area contributed by atoms with Gasteiger partial charge < -0.3 is 16.0 Å². The van der Waals surface area contributed by atoms with Gasteiger partial charge in [0.05, 0.1) is 0 Å². The Hall–Kier alpha value is -0.610. The van der Waals surface area contributed by atoms with Gasteiger partial charge in [-0.25, -0.2) is 0 Å². The molecule has 1 aliphatic heterocycles. The molecule has 1 amide bonds. The van der Waals surface area contributed by atoms with Crippen molar-refractivity contribution in [2.75, 3.05) is 32.7 Å². The van der Waals surface area contributed by atoms with Crippen molar-refractivity contribution < 1.29 is 4.79 Å². The average Bonchev–Trinajstić information content (AvgIpc) is 2.50. The van der Waals surface area contributed by atoms with Crippen LogP contribution in [0.1, 0.15) is 13.3 Å². The number of nitrogens with zero attached hydrogens (tertiary/aromatic N) is 1. The van der Waals surface area contributed by atoms with Gasteiger partial charge in [-0.2, -0.15) is 0 Å². The first-order valence-electron chi connectivity index (χ1n) is 4.89. The fraction of sp³-hybridized carbons (Fsp3) is 0.889. The largest absolute Gasteiger partial charge is 0.356 e. The zero-order chi connectivity index (χ0) is 9.68. The van der Waals surface area contributed by atoms with Crippen molar-refractivity contribution in [3.8, 4) is 0 Å². The number of hydrogen-bond donors (Lipinski definition) is 2. The molecule has 1 aliphatic rings. The molecule has 1 saturated heterocycles. The van der Waals surface area contributed by atoms with Crippen LogP contribution >= 0.6 is 0 Å². The van der Waals surface area contributed by atoms with E-state index in [1.54, 1.807) is 6.92 Å². The van der Waals surface area contributed by atoms with Crippen molar-refractivity contribution in [1.82, 2.24) is 10.2 Å². The Morgan fingerprint density at radius 2 is 2.46 bits per heavy atom. The third kappa shape index (κ3) is 3.74. The summed E-state index contributed by atoms with van der Waals surface area (Å²) in [6.45, 7) is 6.30. The lowest BCUT2D eigenvalue weighted by atomic mass is 10.1. The number of nitrogens with two attached hydrogens (primary N) is 1. The maximum absolute atomic E-state index is 10.7. The van der Waals surface area contributed by atoms with Crippen LogP contribution in [-0.4, -0.2) is 43.5 Å². The van der Waals surface area contributed by atoms with Gasteiger partial charge in [-0.15, -0.1) is 0 Å². The van der Waals surface area contributed by atoms with Crippen LogP contribution in [0.2, 0.25) is 0 Å². The van der Waals surface area contributed by atoms with Crippen LogP contribution in [0.5, 0.6) is 0 Å². The zero-order valence-corrected chi connectivity index (χ0v) is 8.25. The number of carbonyl (C=O) groups is 1. The molecule has 13 heavy (non-hydrogen) atoms. The van der Waals surface area contributed by atoms with E-state index in [9.17, 15) is 4.79 Å². The average molecular weight is 185 g/mol. The minimum absolute atomic E-state index is 0.0669. The van der Waals surface area contributed by atoms with Crippen molar-refractivity contribution in [1.29, 1.82) is 0 Å². The maximum atomic E-state index is 10.7. The summed E-state index contributed by atoms with van der Waals surface area (Å²) in [4.78, 5) is 13.0. The minimum atomic E-state index is 0.0669. The third-order valence-corrected chi connectivity index (χ3v) is 2.45. The molecular formula is C9H19N3O. The van der Waals surface area contributed by atoms with Crippen molar-refractivity contribution in [3.63, 3.8) is 0 Å². The van der Waals surface area contributed by atoms with Crippen LogP contribution in [-0.2, 0) is 4.79 Å². The van der Waals surface area contributed by atoms with E-state index in [1.807, 2.05) is 0 Å². The molecule has 1 rings (SSSR count). The molecule has 76 valence electrons. The first-order chi connectivity index (χ1) is 6.22. The van der Waals surface area contributed by atoms with Gasteiger partial charge in [0.1, 0.15) is 0 Å². The van der Waals surface area contributed by atoms with E-state index in [1.165, 1.54) is 6.42 Å². The molecule has 0 aromatic rings. The Bertz CT molecular complexity index is 172. The molecule has 1 fully saturated rings. The second-order valence-corrected chi connectivity index (χ2v) is 3.68. The molecule has 0 aromatic carbocycles. The third-order valence-electron chi connectivity index (χ3n) is 2.45. The number of rotatable bonds is 4. The van der Waals surface area contributed by atoms with Gasteiger partial charge in [-0.05, 0) is 18.9 Å². The summed E-state index contributed by atoms with van der Waals surface area (Å²) < 4.78 is 0. The topological polar surface area (TPSA) is 58.4 Å². The Kier molecular flexibility index (Phi) is 4.18. The van der Waals surface area contributed by atoms with E-state index in [2.05, 4.69) is 10.2 Å². The predicted octanol–water partition coefficient (Wildman–Crippen LogP) is -0.597. The number of nitrogens with one attached hydrogen (secondary N) is 1. The Labute approximate surface area is 79.5 Å². The first kappa shape index (κ1) is 10.5. The van der Waals surface area contributed by atoms with Gasteiger partial charge in [0.2, 0.25) is 5.91 Å². The SMILES string of the molecule is CC(=O)NC[C@@H]1CCN(CCN)C1. The Morgan fingerprint density at radius 3 is 3.08 bits per heavy atom. The van der Waals surface area contributed by atoms with Gasteiger partial charge in [-0.3, -0.25) is 4.79 Å². The van der Waals surface area contributed by atoms with Crippen LogP contribution in [0.4, 0.5) is 0 Å². The fourth-order valence-electron chi connectivity index (χ4n) is 1.75. The van der Waals surface area contributed by atoms with Crippen molar-refractivity contribution in [2.45, 2.75) is 13.3 Å². The number of likely N-dealkylation sites (tertiary alicyclic amines) is 1. The molecule has 0 bridgehead atoms. The molecule has 0 spiro atoms. The van der Waals surface area contributed by atoms with E-state index in [0.717, 1.165) is 32.7 Å². The summed E-state index contributed by atoms with van der Waals surface area (Å²) in [6, 6.07) is 0. The molecule has 0 unspecified atom stereocenters. The Balaban J connectivity index is 2.13. The summed E-state index contributed by atoms with van der Waals surface area (Å²) >= 11 is 0. The first-order valence-corrected chi connectivity index (χ1v) is 4.89. The van der Waals surface area contributed by atoms with E-state index in [0.29, 0.717) is 5.92 Å². The standard InChI is InChI=1S/C9H19N3O/c1-8(13)11-6-9-2-4-12(7-9)5-3-10/h9H,2-7,10H2,1H3,(H,11,13)/t9-/m0/s1. The highest BCUT2D eigenvalue weighted by atomic mass is 16.1.